The second-order valence-corrected chi connectivity index (χ2v) is 4.15. The van der Waals surface area contributed by atoms with Crippen LogP contribution >= 0.6 is 0 Å². The Morgan fingerprint density at radius 3 is 2.15 bits per heavy atom. The van der Waals surface area contributed by atoms with Crippen molar-refractivity contribution in [3.8, 4) is 5.75 Å². The predicted octanol–water partition coefficient (Wildman–Crippen LogP) is 2.50. The summed E-state index contributed by atoms with van der Waals surface area (Å²) in [5.74, 6) is 0.724. The lowest BCUT2D eigenvalue weighted by Gasteiger charge is -2.09. The summed E-state index contributed by atoms with van der Waals surface area (Å²) >= 11 is 0. The van der Waals surface area contributed by atoms with Gasteiger partial charge in [0.2, 0.25) is 0 Å². The molecule has 0 fully saturated rings. The monoisotopic (exact) mass is 272 g/mol. The van der Waals surface area contributed by atoms with Crippen LogP contribution in [0.3, 0.4) is 0 Å². The minimum atomic E-state index is -0.362. The van der Waals surface area contributed by atoms with E-state index in [9.17, 15) is 4.79 Å². The van der Waals surface area contributed by atoms with Gasteiger partial charge in [0.1, 0.15) is 5.75 Å². The Morgan fingerprint density at radius 1 is 0.950 bits per heavy atom. The molecule has 0 aliphatic carbocycles. The molecular weight excluding hydrogens is 256 g/mol. The highest BCUT2D eigenvalue weighted by atomic mass is 16.5. The maximum atomic E-state index is 11.8. The third-order valence-electron chi connectivity index (χ3n) is 2.69. The van der Waals surface area contributed by atoms with E-state index in [1.165, 1.54) is 0 Å². The Hall–Kier alpha value is -2.89. The molecule has 6 heteroatoms. The molecule has 0 unspecified atom stereocenters. The summed E-state index contributed by atoms with van der Waals surface area (Å²) < 4.78 is 5.04. The number of urea groups is 1. The average molecular weight is 272 g/mol. The molecular formula is C14H16N4O2. The number of carbonyl (C=O) groups excluding carboxylic acids is 1. The lowest BCUT2D eigenvalue weighted by Crippen LogP contribution is -2.19. The number of amides is 2. The lowest BCUT2D eigenvalue weighted by molar-refractivity contribution is 0.262. The molecule has 0 saturated heterocycles. The van der Waals surface area contributed by atoms with Gasteiger partial charge in [-0.1, -0.05) is 0 Å². The summed E-state index contributed by atoms with van der Waals surface area (Å²) in [5.41, 5.74) is 13.4. The van der Waals surface area contributed by atoms with Crippen LogP contribution in [-0.4, -0.2) is 13.1 Å². The fourth-order valence-electron chi connectivity index (χ4n) is 1.62. The van der Waals surface area contributed by atoms with Crippen molar-refractivity contribution in [2.45, 2.75) is 0 Å². The largest absolute Gasteiger partial charge is 0.497 e. The number of hydrogen-bond acceptors (Lipinski definition) is 4. The number of methoxy groups -OCH3 is 1. The summed E-state index contributed by atoms with van der Waals surface area (Å²) in [6.45, 7) is 0. The molecule has 0 heterocycles. The third-order valence-corrected chi connectivity index (χ3v) is 2.69. The number of nitrogens with one attached hydrogen (secondary N) is 2. The summed E-state index contributed by atoms with van der Waals surface area (Å²) in [7, 11) is 1.58. The van der Waals surface area contributed by atoms with Crippen molar-refractivity contribution in [1.82, 2.24) is 0 Å². The van der Waals surface area contributed by atoms with Gasteiger partial charge < -0.3 is 26.8 Å². The van der Waals surface area contributed by atoms with E-state index >= 15 is 0 Å². The molecule has 0 atom stereocenters. The molecule has 0 aromatic heterocycles. The van der Waals surface area contributed by atoms with Crippen molar-refractivity contribution >= 4 is 28.8 Å². The van der Waals surface area contributed by atoms with Crippen LogP contribution in [0.1, 0.15) is 0 Å². The van der Waals surface area contributed by atoms with Gasteiger partial charge in [-0.15, -0.1) is 0 Å². The highest BCUT2D eigenvalue weighted by Crippen LogP contribution is 2.20. The first-order chi connectivity index (χ1) is 9.58. The van der Waals surface area contributed by atoms with Crippen LogP contribution in [0, 0.1) is 0 Å². The minimum Gasteiger partial charge on any atom is -0.497 e. The molecule has 104 valence electrons. The summed E-state index contributed by atoms with van der Waals surface area (Å²) in [6, 6.07) is 11.6. The van der Waals surface area contributed by atoms with Gasteiger partial charge in [-0.05, 0) is 42.5 Å². The molecule has 0 bridgehead atoms. The van der Waals surface area contributed by atoms with Gasteiger partial charge >= 0.3 is 6.03 Å². The highest BCUT2D eigenvalue weighted by Gasteiger charge is 2.04. The zero-order valence-corrected chi connectivity index (χ0v) is 11.0. The van der Waals surface area contributed by atoms with E-state index in [2.05, 4.69) is 10.6 Å². The predicted molar refractivity (Wildman–Crippen MR) is 80.9 cm³/mol. The summed E-state index contributed by atoms with van der Waals surface area (Å²) in [6.07, 6.45) is 0. The van der Waals surface area contributed by atoms with E-state index in [0.29, 0.717) is 22.7 Å². The number of hydrogen-bond donors (Lipinski definition) is 4. The molecule has 0 spiro atoms. The topological polar surface area (TPSA) is 102 Å². The van der Waals surface area contributed by atoms with Crippen molar-refractivity contribution in [3.63, 3.8) is 0 Å². The van der Waals surface area contributed by atoms with Crippen molar-refractivity contribution in [2.24, 2.45) is 0 Å². The molecule has 2 aromatic rings. The van der Waals surface area contributed by atoms with Crippen LogP contribution in [0.5, 0.6) is 5.75 Å². The Bertz CT molecular complexity index is 611. The average Bonchev–Trinajstić information content (AvgIpc) is 2.44. The molecule has 2 amide bonds. The fraction of sp³-hybridized carbons (Fsp3) is 0.0714. The van der Waals surface area contributed by atoms with E-state index in [1.54, 1.807) is 49.6 Å². The zero-order chi connectivity index (χ0) is 14.5. The molecule has 0 aliphatic heterocycles. The van der Waals surface area contributed by atoms with Crippen molar-refractivity contribution in [3.05, 3.63) is 42.5 Å². The van der Waals surface area contributed by atoms with E-state index < -0.39 is 0 Å². The number of ether oxygens (including phenoxy) is 1. The molecule has 6 nitrogen and oxygen atoms in total. The number of benzene rings is 2. The number of rotatable bonds is 3. The van der Waals surface area contributed by atoms with Gasteiger partial charge in [0.25, 0.3) is 0 Å². The third kappa shape index (κ3) is 3.32. The standard InChI is InChI=1S/C14H16N4O2/c1-20-11-5-2-9(3-6-11)17-14(19)18-10-4-7-12(15)13(16)8-10/h2-8H,15-16H2,1H3,(H2,17,18,19). The molecule has 0 aliphatic rings. The van der Waals surface area contributed by atoms with Crippen LogP contribution in [0.25, 0.3) is 0 Å². The van der Waals surface area contributed by atoms with Gasteiger partial charge in [0.15, 0.2) is 0 Å². The second-order valence-electron chi connectivity index (χ2n) is 4.15. The van der Waals surface area contributed by atoms with Crippen molar-refractivity contribution < 1.29 is 9.53 Å². The van der Waals surface area contributed by atoms with Crippen LogP contribution in [0.4, 0.5) is 27.5 Å². The maximum absolute atomic E-state index is 11.8. The number of nitrogen functional groups attached to an aromatic ring is 2. The Morgan fingerprint density at radius 2 is 1.55 bits per heavy atom. The molecule has 0 radical (unpaired) electrons. The van der Waals surface area contributed by atoms with Crippen molar-refractivity contribution in [1.29, 1.82) is 0 Å². The van der Waals surface area contributed by atoms with Crippen LogP contribution in [0.15, 0.2) is 42.5 Å². The zero-order valence-electron chi connectivity index (χ0n) is 11.0. The summed E-state index contributed by atoms with van der Waals surface area (Å²) in [5, 5.41) is 5.37. The second kappa shape index (κ2) is 5.83. The highest BCUT2D eigenvalue weighted by molar-refractivity contribution is 6.00. The summed E-state index contributed by atoms with van der Waals surface area (Å²) in [4.78, 5) is 11.8. The normalized spacial score (nSPS) is 9.85. The fourth-order valence-corrected chi connectivity index (χ4v) is 1.62. The minimum absolute atomic E-state index is 0.362. The van der Waals surface area contributed by atoms with E-state index in [4.69, 9.17) is 16.2 Å². The first-order valence-electron chi connectivity index (χ1n) is 5.95. The van der Waals surface area contributed by atoms with Gasteiger partial charge in [0.05, 0.1) is 18.5 Å². The molecule has 0 saturated carbocycles. The number of anilines is 4. The maximum Gasteiger partial charge on any atom is 0.323 e. The van der Waals surface area contributed by atoms with Gasteiger partial charge in [-0.25, -0.2) is 4.79 Å². The molecule has 6 N–H and O–H groups in total. The smallest absolute Gasteiger partial charge is 0.323 e. The number of carbonyl (C=O) groups is 1. The van der Waals surface area contributed by atoms with E-state index in [1.807, 2.05) is 0 Å². The Kier molecular flexibility index (Phi) is 3.95. The molecule has 20 heavy (non-hydrogen) atoms. The van der Waals surface area contributed by atoms with E-state index in [-0.39, 0.29) is 6.03 Å². The first-order valence-corrected chi connectivity index (χ1v) is 5.95. The Balaban J connectivity index is 1.99. The van der Waals surface area contributed by atoms with Gasteiger partial charge in [0, 0.05) is 11.4 Å². The van der Waals surface area contributed by atoms with Crippen molar-refractivity contribution in [2.75, 3.05) is 29.2 Å². The quantitative estimate of drug-likeness (QED) is 0.644. The number of nitrogens with two attached hydrogens (primary N) is 2. The molecule has 2 aromatic carbocycles. The van der Waals surface area contributed by atoms with Crippen LogP contribution < -0.4 is 26.8 Å². The van der Waals surface area contributed by atoms with Crippen LogP contribution in [-0.2, 0) is 0 Å². The SMILES string of the molecule is COc1ccc(NC(=O)Nc2ccc(N)c(N)c2)cc1. The first kappa shape index (κ1) is 13.5. The molecule has 2 rings (SSSR count). The van der Waals surface area contributed by atoms with Crippen LogP contribution in [0.2, 0.25) is 0 Å². The lowest BCUT2D eigenvalue weighted by atomic mass is 10.2. The van der Waals surface area contributed by atoms with Gasteiger partial charge in [-0.2, -0.15) is 0 Å². The Labute approximate surface area is 116 Å². The van der Waals surface area contributed by atoms with Gasteiger partial charge in [-0.3, -0.25) is 0 Å². The van der Waals surface area contributed by atoms with E-state index in [0.717, 1.165) is 5.75 Å².